The largest absolute Gasteiger partial charge is 0.462 e. The molecule has 0 spiro atoms. The molecule has 2 aromatic heterocycles. The molecule has 0 aliphatic carbocycles. The molecule has 6 nitrogen and oxygen atoms in total. The van der Waals surface area contributed by atoms with Crippen LogP contribution in [0.1, 0.15) is 46.6 Å². The summed E-state index contributed by atoms with van der Waals surface area (Å²) in [6, 6.07) is 4.40. The van der Waals surface area contributed by atoms with Gasteiger partial charge in [-0.2, -0.15) is 10.4 Å². The quantitative estimate of drug-likeness (QED) is 0.780. The molecule has 1 aliphatic heterocycles. The normalized spacial score (nSPS) is 18.2. The average Bonchev–Trinajstić information content (AvgIpc) is 3.24. The highest BCUT2D eigenvalue weighted by atomic mass is 32.1. The van der Waals surface area contributed by atoms with Crippen LogP contribution in [0.5, 0.6) is 0 Å². The minimum absolute atomic E-state index is 0.261. The molecule has 2 aromatic rings. The Kier molecular flexibility index (Phi) is 5.28. The Morgan fingerprint density at radius 1 is 1.58 bits per heavy atom. The van der Waals surface area contributed by atoms with E-state index in [1.807, 2.05) is 16.1 Å². The van der Waals surface area contributed by atoms with Crippen LogP contribution in [0, 0.1) is 11.3 Å². The van der Waals surface area contributed by atoms with Crippen molar-refractivity contribution in [2.75, 3.05) is 19.7 Å². The first-order valence-corrected chi connectivity index (χ1v) is 8.98. The molecule has 0 N–H and O–H groups in total. The number of hydrogen-bond donors (Lipinski definition) is 0. The number of aromatic nitrogens is 2. The Morgan fingerprint density at radius 3 is 3.21 bits per heavy atom. The summed E-state index contributed by atoms with van der Waals surface area (Å²) < 4.78 is 6.90. The van der Waals surface area contributed by atoms with E-state index in [1.165, 1.54) is 4.88 Å². The third-order valence-corrected chi connectivity index (χ3v) is 5.05. The average molecular weight is 344 g/mol. The van der Waals surface area contributed by atoms with Crippen molar-refractivity contribution in [3.8, 4) is 6.07 Å². The highest BCUT2D eigenvalue weighted by molar-refractivity contribution is 7.10. The van der Waals surface area contributed by atoms with Crippen LogP contribution in [0.2, 0.25) is 0 Å². The minimum atomic E-state index is -0.320. The second-order valence-corrected chi connectivity index (χ2v) is 6.87. The van der Waals surface area contributed by atoms with Gasteiger partial charge in [-0.3, -0.25) is 9.58 Å². The smallest absolute Gasteiger partial charge is 0.341 e. The van der Waals surface area contributed by atoms with E-state index in [0.717, 1.165) is 38.0 Å². The first kappa shape index (κ1) is 16.7. The Bertz CT molecular complexity index is 746. The van der Waals surface area contributed by atoms with Crippen molar-refractivity contribution >= 4 is 17.3 Å². The summed E-state index contributed by atoms with van der Waals surface area (Å²) in [4.78, 5) is 15.4. The van der Waals surface area contributed by atoms with Crippen molar-refractivity contribution in [3.63, 3.8) is 0 Å². The van der Waals surface area contributed by atoms with Gasteiger partial charge in [0.15, 0.2) is 0 Å². The van der Waals surface area contributed by atoms with Crippen molar-refractivity contribution in [1.29, 1.82) is 5.26 Å². The number of ether oxygens (including phenoxy) is 1. The monoisotopic (exact) mass is 344 g/mol. The van der Waals surface area contributed by atoms with Crippen LogP contribution in [-0.2, 0) is 11.3 Å². The fourth-order valence-electron chi connectivity index (χ4n) is 2.99. The van der Waals surface area contributed by atoms with Gasteiger partial charge in [0.25, 0.3) is 0 Å². The molecule has 7 heteroatoms. The number of thiophene rings is 1. The molecule has 1 aliphatic rings. The van der Waals surface area contributed by atoms with Crippen LogP contribution >= 0.6 is 11.3 Å². The number of carbonyl (C=O) groups excluding carboxylic acids is 1. The zero-order valence-corrected chi connectivity index (χ0v) is 14.5. The Balaban J connectivity index is 1.63. The first-order chi connectivity index (χ1) is 11.7. The maximum absolute atomic E-state index is 11.8. The van der Waals surface area contributed by atoms with Crippen molar-refractivity contribution in [2.45, 2.75) is 32.4 Å². The predicted octanol–water partition coefficient (Wildman–Crippen LogP) is 2.83. The maximum atomic E-state index is 11.8. The molecule has 1 saturated heterocycles. The zero-order chi connectivity index (χ0) is 16.9. The predicted molar refractivity (Wildman–Crippen MR) is 90.8 cm³/mol. The summed E-state index contributed by atoms with van der Waals surface area (Å²) in [7, 11) is 0. The first-order valence-electron chi connectivity index (χ1n) is 8.10. The van der Waals surface area contributed by atoms with Crippen LogP contribution in [0.15, 0.2) is 23.8 Å². The molecule has 0 saturated carbocycles. The summed E-state index contributed by atoms with van der Waals surface area (Å²) >= 11 is 1.63. The lowest BCUT2D eigenvalue weighted by Crippen LogP contribution is -2.36. The number of piperidine rings is 1. The number of carbonyl (C=O) groups is 1. The van der Waals surface area contributed by atoms with Crippen LogP contribution in [0.4, 0.5) is 0 Å². The fraction of sp³-hybridized carbons (Fsp3) is 0.471. The molecule has 1 fully saturated rings. The van der Waals surface area contributed by atoms with E-state index in [0.29, 0.717) is 12.2 Å². The third-order valence-electron chi connectivity index (χ3n) is 4.13. The molecule has 24 heavy (non-hydrogen) atoms. The van der Waals surface area contributed by atoms with Gasteiger partial charge in [0.1, 0.15) is 6.07 Å². The third kappa shape index (κ3) is 3.83. The molecule has 126 valence electrons. The molecule has 3 rings (SSSR count). The number of nitrogens with zero attached hydrogens (tertiary/aromatic N) is 4. The molecule has 0 radical (unpaired) electrons. The van der Waals surface area contributed by atoms with Crippen LogP contribution in [-0.4, -0.2) is 40.3 Å². The topological polar surface area (TPSA) is 71.2 Å². The summed E-state index contributed by atoms with van der Waals surface area (Å²) in [5.41, 5.74) is 1.24. The van der Waals surface area contributed by atoms with E-state index in [9.17, 15) is 4.79 Å². The van der Waals surface area contributed by atoms with Crippen molar-refractivity contribution in [3.05, 3.63) is 39.8 Å². The lowest BCUT2D eigenvalue weighted by molar-refractivity contribution is 0.0526. The molecular weight excluding hydrogens is 324 g/mol. The molecule has 3 heterocycles. The lowest BCUT2D eigenvalue weighted by atomic mass is 10.1. The van der Waals surface area contributed by atoms with Crippen LogP contribution in [0.3, 0.4) is 0 Å². The molecule has 1 atom stereocenters. The molecular formula is C17H20N4O2S. The van der Waals surface area contributed by atoms with Gasteiger partial charge in [0.2, 0.25) is 0 Å². The number of likely N-dealkylation sites (tertiary alicyclic amines) is 1. The molecule has 0 amide bonds. The molecule has 0 bridgehead atoms. The lowest BCUT2D eigenvalue weighted by Gasteiger charge is -2.32. The summed E-state index contributed by atoms with van der Waals surface area (Å²) in [5, 5.41) is 15.2. The zero-order valence-electron chi connectivity index (χ0n) is 13.6. The van der Waals surface area contributed by atoms with Gasteiger partial charge in [-0.1, -0.05) is 0 Å². The summed E-state index contributed by atoms with van der Waals surface area (Å²) in [6.07, 6.45) is 5.50. The molecule has 0 unspecified atom stereocenters. The Labute approximate surface area is 145 Å². The van der Waals surface area contributed by atoms with Crippen molar-refractivity contribution in [2.24, 2.45) is 0 Å². The summed E-state index contributed by atoms with van der Waals surface area (Å²) in [6.45, 7) is 4.96. The number of hydrogen-bond acceptors (Lipinski definition) is 6. The van der Waals surface area contributed by atoms with Crippen LogP contribution < -0.4 is 0 Å². The Hall–Kier alpha value is -2.17. The minimum Gasteiger partial charge on any atom is -0.462 e. The van der Waals surface area contributed by atoms with E-state index in [1.54, 1.807) is 30.7 Å². The van der Waals surface area contributed by atoms with Gasteiger partial charge in [-0.05, 0) is 32.4 Å². The second-order valence-electron chi connectivity index (χ2n) is 5.87. The van der Waals surface area contributed by atoms with E-state index < -0.39 is 0 Å². The fourth-order valence-corrected chi connectivity index (χ4v) is 3.84. The summed E-state index contributed by atoms with van der Waals surface area (Å²) in [5.74, 6) is -0.320. The van der Waals surface area contributed by atoms with E-state index >= 15 is 0 Å². The van der Waals surface area contributed by atoms with Gasteiger partial charge in [0, 0.05) is 29.5 Å². The molecule has 0 aromatic carbocycles. The van der Waals surface area contributed by atoms with Gasteiger partial charge >= 0.3 is 5.97 Å². The van der Waals surface area contributed by atoms with Crippen molar-refractivity contribution in [1.82, 2.24) is 14.7 Å². The Morgan fingerprint density at radius 2 is 2.46 bits per heavy atom. The number of rotatable bonds is 5. The second kappa shape index (κ2) is 7.60. The van der Waals surface area contributed by atoms with E-state index in [4.69, 9.17) is 10.00 Å². The standard InChI is InChI=1S/C17H20N4O2S/c1-2-23-17(22)14-8-19-21(9-14)15-4-3-5-20(10-15)11-16-6-13(7-18)12-24-16/h6,8-9,12,15H,2-5,10-11H2,1H3/t15-/m1/s1. The van der Waals surface area contributed by atoms with E-state index in [2.05, 4.69) is 16.1 Å². The van der Waals surface area contributed by atoms with Crippen LogP contribution in [0.25, 0.3) is 0 Å². The van der Waals surface area contributed by atoms with Gasteiger partial charge in [0.05, 0.1) is 30.0 Å². The van der Waals surface area contributed by atoms with Gasteiger partial charge in [-0.25, -0.2) is 4.79 Å². The number of esters is 1. The van der Waals surface area contributed by atoms with Gasteiger partial charge < -0.3 is 4.74 Å². The van der Waals surface area contributed by atoms with Gasteiger partial charge in [-0.15, -0.1) is 11.3 Å². The van der Waals surface area contributed by atoms with Crippen molar-refractivity contribution < 1.29 is 9.53 Å². The highest BCUT2D eigenvalue weighted by Gasteiger charge is 2.23. The SMILES string of the molecule is CCOC(=O)c1cnn([C@@H]2CCCN(Cc3cc(C#N)cs3)C2)c1. The maximum Gasteiger partial charge on any atom is 0.341 e. The number of nitriles is 1. The highest BCUT2D eigenvalue weighted by Crippen LogP contribution is 2.24. The van der Waals surface area contributed by atoms with E-state index in [-0.39, 0.29) is 12.0 Å².